The third-order valence-corrected chi connectivity index (χ3v) is 3.05. The van der Waals surface area contributed by atoms with Crippen LogP contribution in [0.2, 0.25) is 0 Å². The Balaban J connectivity index is 2.52. The number of aliphatic hydroxyl groups excluding tert-OH is 1. The third-order valence-electron chi connectivity index (χ3n) is 3.05. The molecule has 0 heterocycles. The predicted octanol–water partition coefficient (Wildman–Crippen LogP) is 2.51. The highest BCUT2D eigenvalue weighted by Crippen LogP contribution is 2.24. The molecule has 3 nitrogen and oxygen atoms in total. The van der Waals surface area contributed by atoms with Gasteiger partial charge >= 0.3 is 0 Å². The van der Waals surface area contributed by atoms with Gasteiger partial charge in [-0.05, 0) is 39.3 Å². The van der Waals surface area contributed by atoms with Crippen molar-refractivity contribution in [2.75, 3.05) is 6.54 Å². The number of nitrogens with one attached hydrogen (secondary N) is 1. The third kappa shape index (κ3) is 4.36. The van der Waals surface area contributed by atoms with Crippen molar-refractivity contribution >= 4 is 0 Å². The maximum absolute atomic E-state index is 9.77. The molecule has 0 aliphatic carbocycles. The fourth-order valence-corrected chi connectivity index (χ4v) is 1.80. The van der Waals surface area contributed by atoms with Crippen LogP contribution < -0.4 is 5.32 Å². The van der Waals surface area contributed by atoms with Crippen molar-refractivity contribution < 1.29 is 10.2 Å². The molecular weight excluding hydrogens is 214 g/mol. The Morgan fingerprint density at radius 2 is 2.06 bits per heavy atom. The van der Waals surface area contributed by atoms with E-state index in [0.717, 1.165) is 30.5 Å². The Bertz CT molecular complexity index is 352. The number of aryl methyl sites for hydroxylation is 1. The molecular formula is C14H23NO2. The van der Waals surface area contributed by atoms with Crippen LogP contribution in [0.3, 0.4) is 0 Å². The molecule has 0 saturated heterocycles. The van der Waals surface area contributed by atoms with Crippen LogP contribution in [0.15, 0.2) is 18.2 Å². The molecule has 1 rings (SSSR count). The maximum Gasteiger partial charge on any atom is 0.120 e. The Kier molecular flexibility index (Phi) is 5.45. The number of phenolic OH excluding ortho intramolecular Hbond substituents is 1. The van der Waals surface area contributed by atoms with Crippen LogP contribution in [-0.4, -0.2) is 22.9 Å². The number of hydrogen-bond donors (Lipinski definition) is 3. The maximum atomic E-state index is 9.77. The van der Waals surface area contributed by atoms with Crippen molar-refractivity contribution in [3.05, 3.63) is 29.3 Å². The van der Waals surface area contributed by atoms with E-state index in [2.05, 4.69) is 5.32 Å². The molecule has 96 valence electrons. The van der Waals surface area contributed by atoms with E-state index in [1.807, 2.05) is 32.9 Å². The topological polar surface area (TPSA) is 52.5 Å². The van der Waals surface area contributed by atoms with Gasteiger partial charge in [0.2, 0.25) is 0 Å². The van der Waals surface area contributed by atoms with Crippen LogP contribution in [0.1, 0.15) is 43.9 Å². The molecule has 3 heteroatoms. The molecule has 0 bridgehead atoms. The summed E-state index contributed by atoms with van der Waals surface area (Å²) in [7, 11) is 0. The number of aliphatic hydroxyl groups is 1. The number of aromatic hydroxyl groups is 1. The first-order valence-corrected chi connectivity index (χ1v) is 6.25. The summed E-state index contributed by atoms with van der Waals surface area (Å²) in [6, 6.07) is 5.71. The van der Waals surface area contributed by atoms with Crippen LogP contribution in [0, 0.1) is 6.92 Å². The van der Waals surface area contributed by atoms with E-state index in [1.165, 1.54) is 0 Å². The van der Waals surface area contributed by atoms with Crippen LogP contribution in [0.25, 0.3) is 0 Å². The first-order valence-electron chi connectivity index (χ1n) is 6.25. The summed E-state index contributed by atoms with van der Waals surface area (Å²) < 4.78 is 0. The average molecular weight is 237 g/mol. The lowest BCUT2D eigenvalue weighted by molar-refractivity contribution is 0.158. The van der Waals surface area contributed by atoms with Crippen molar-refractivity contribution in [2.45, 2.75) is 45.8 Å². The second-order valence-corrected chi connectivity index (χ2v) is 4.59. The monoisotopic (exact) mass is 237 g/mol. The van der Waals surface area contributed by atoms with Crippen LogP contribution in [0.4, 0.5) is 0 Å². The lowest BCUT2D eigenvalue weighted by Gasteiger charge is -2.17. The molecule has 3 N–H and O–H groups in total. The van der Waals surface area contributed by atoms with Gasteiger partial charge in [-0.15, -0.1) is 0 Å². The van der Waals surface area contributed by atoms with Crippen molar-refractivity contribution in [3.63, 3.8) is 0 Å². The van der Waals surface area contributed by atoms with Crippen LogP contribution in [0.5, 0.6) is 5.75 Å². The van der Waals surface area contributed by atoms with E-state index in [-0.39, 0.29) is 12.1 Å². The second-order valence-electron chi connectivity index (χ2n) is 4.59. The van der Waals surface area contributed by atoms with E-state index in [9.17, 15) is 10.2 Å². The molecule has 0 fully saturated rings. The van der Waals surface area contributed by atoms with Crippen molar-refractivity contribution in [1.82, 2.24) is 5.32 Å². The van der Waals surface area contributed by atoms with E-state index in [4.69, 9.17) is 0 Å². The van der Waals surface area contributed by atoms with E-state index >= 15 is 0 Å². The zero-order valence-corrected chi connectivity index (χ0v) is 10.9. The Morgan fingerprint density at radius 3 is 2.71 bits per heavy atom. The Hall–Kier alpha value is -1.06. The number of phenols is 1. The molecule has 0 aliphatic heterocycles. The molecule has 0 aliphatic rings. The van der Waals surface area contributed by atoms with E-state index in [0.29, 0.717) is 5.75 Å². The molecule has 0 spiro atoms. The fourth-order valence-electron chi connectivity index (χ4n) is 1.80. The standard InChI is InChI=1S/C14H23NO2/c1-4-12(16)7-8-15-11(3)13-9-10(2)5-6-14(13)17/h5-6,9,11-12,15-17H,4,7-8H2,1-3H3. The highest BCUT2D eigenvalue weighted by molar-refractivity contribution is 5.37. The largest absolute Gasteiger partial charge is 0.508 e. The predicted molar refractivity (Wildman–Crippen MR) is 70.2 cm³/mol. The smallest absolute Gasteiger partial charge is 0.120 e. The molecule has 1 aromatic carbocycles. The highest BCUT2D eigenvalue weighted by Gasteiger charge is 2.10. The second kappa shape index (κ2) is 6.62. The summed E-state index contributed by atoms with van der Waals surface area (Å²) in [4.78, 5) is 0. The Morgan fingerprint density at radius 1 is 1.35 bits per heavy atom. The number of benzene rings is 1. The van der Waals surface area contributed by atoms with Gasteiger partial charge in [-0.2, -0.15) is 0 Å². The first-order chi connectivity index (χ1) is 8.04. The SMILES string of the molecule is CCC(O)CCNC(C)c1cc(C)ccc1O. The minimum Gasteiger partial charge on any atom is -0.508 e. The highest BCUT2D eigenvalue weighted by atomic mass is 16.3. The number of hydrogen-bond acceptors (Lipinski definition) is 3. The quantitative estimate of drug-likeness (QED) is 0.712. The minimum absolute atomic E-state index is 0.0963. The summed E-state index contributed by atoms with van der Waals surface area (Å²) >= 11 is 0. The van der Waals surface area contributed by atoms with Gasteiger partial charge in [-0.1, -0.05) is 24.6 Å². The normalized spacial score (nSPS) is 14.6. The van der Waals surface area contributed by atoms with Gasteiger partial charge in [0.25, 0.3) is 0 Å². The summed E-state index contributed by atoms with van der Waals surface area (Å²) in [5.74, 6) is 0.326. The summed E-state index contributed by atoms with van der Waals surface area (Å²) in [5, 5.41) is 22.5. The summed E-state index contributed by atoms with van der Waals surface area (Å²) in [5.41, 5.74) is 2.05. The van der Waals surface area contributed by atoms with Gasteiger partial charge < -0.3 is 15.5 Å². The van der Waals surface area contributed by atoms with Crippen molar-refractivity contribution in [1.29, 1.82) is 0 Å². The van der Waals surface area contributed by atoms with Crippen molar-refractivity contribution in [2.24, 2.45) is 0 Å². The lowest BCUT2D eigenvalue weighted by Crippen LogP contribution is -2.23. The van der Waals surface area contributed by atoms with Crippen LogP contribution >= 0.6 is 0 Å². The molecule has 2 atom stereocenters. The molecule has 0 saturated carbocycles. The van der Waals surface area contributed by atoms with Gasteiger partial charge in [-0.3, -0.25) is 0 Å². The molecule has 1 aromatic rings. The molecule has 0 radical (unpaired) electrons. The zero-order chi connectivity index (χ0) is 12.8. The number of rotatable bonds is 6. The van der Waals surface area contributed by atoms with Gasteiger partial charge in [-0.25, -0.2) is 0 Å². The molecule has 0 aromatic heterocycles. The average Bonchev–Trinajstić information content (AvgIpc) is 2.31. The molecule has 0 amide bonds. The summed E-state index contributed by atoms with van der Waals surface area (Å²) in [6.07, 6.45) is 1.29. The van der Waals surface area contributed by atoms with Gasteiger partial charge in [0.15, 0.2) is 0 Å². The first kappa shape index (κ1) is 14.0. The molecule has 17 heavy (non-hydrogen) atoms. The van der Waals surface area contributed by atoms with E-state index < -0.39 is 0 Å². The van der Waals surface area contributed by atoms with E-state index in [1.54, 1.807) is 6.07 Å². The van der Waals surface area contributed by atoms with Crippen LogP contribution in [-0.2, 0) is 0 Å². The lowest BCUT2D eigenvalue weighted by atomic mass is 10.0. The van der Waals surface area contributed by atoms with Gasteiger partial charge in [0, 0.05) is 11.6 Å². The zero-order valence-electron chi connectivity index (χ0n) is 10.9. The van der Waals surface area contributed by atoms with Gasteiger partial charge in [0.1, 0.15) is 5.75 Å². The molecule has 2 unspecified atom stereocenters. The van der Waals surface area contributed by atoms with Gasteiger partial charge in [0.05, 0.1) is 6.10 Å². The summed E-state index contributed by atoms with van der Waals surface area (Å²) in [6.45, 7) is 6.76. The Labute approximate surface area is 103 Å². The van der Waals surface area contributed by atoms with Crippen molar-refractivity contribution in [3.8, 4) is 5.75 Å². The minimum atomic E-state index is -0.235. The fraction of sp³-hybridized carbons (Fsp3) is 0.571.